The summed E-state index contributed by atoms with van der Waals surface area (Å²) in [5, 5.41) is 4.94. The largest absolute Gasteiger partial charge is 0.268 e. The molecular formula is C23H16ClFN4O2. The topological polar surface area (TPSA) is 68.1 Å². The molecule has 0 spiro atoms. The number of anilines is 1. The van der Waals surface area contributed by atoms with Gasteiger partial charge in [0.1, 0.15) is 5.82 Å². The van der Waals surface area contributed by atoms with Crippen molar-refractivity contribution in [2.75, 3.05) is 4.90 Å². The van der Waals surface area contributed by atoms with Crippen LogP contribution in [0.2, 0.25) is 5.02 Å². The number of fused-ring (bicyclic) bond motifs is 3. The molecule has 2 aromatic heterocycles. The number of nitrogens with zero attached hydrogens (tertiary/aromatic N) is 4. The van der Waals surface area contributed by atoms with Crippen LogP contribution in [0.1, 0.15) is 37.5 Å². The van der Waals surface area contributed by atoms with Crippen molar-refractivity contribution in [1.82, 2.24) is 14.8 Å². The molecule has 5 rings (SSSR count). The lowest BCUT2D eigenvalue weighted by molar-refractivity contribution is 0.0926. The highest BCUT2D eigenvalue weighted by molar-refractivity contribution is 6.38. The Hall–Kier alpha value is -3.58. The molecule has 3 heterocycles. The van der Waals surface area contributed by atoms with Crippen molar-refractivity contribution in [2.24, 2.45) is 0 Å². The molecule has 1 aliphatic rings. The molecule has 31 heavy (non-hydrogen) atoms. The highest BCUT2D eigenvalue weighted by atomic mass is 35.5. The summed E-state index contributed by atoms with van der Waals surface area (Å²) in [6.07, 6.45) is 1.39. The van der Waals surface area contributed by atoms with Crippen molar-refractivity contribution < 1.29 is 14.0 Å². The second kappa shape index (κ2) is 6.72. The van der Waals surface area contributed by atoms with E-state index in [0.29, 0.717) is 16.7 Å². The number of hydrogen-bond donors (Lipinski definition) is 0. The van der Waals surface area contributed by atoms with Crippen LogP contribution in [0.4, 0.5) is 10.1 Å². The lowest BCUT2D eigenvalue weighted by atomic mass is 10.1. The third-order valence-corrected chi connectivity index (χ3v) is 5.91. The van der Waals surface area contributed by atoms with Gasteiger partial charge in [0.05, 0.1) is 38.6 Å². The summed E-state index contributed by atoms with van der Waals surface area (Å²) in [6.45, 7) is 5.81. The molecule has 0 saturated heterocycles. The van der Waals surface area contributed by atoms with Gasteiger partial charge < -0.3 is 0 Å². The number of hydrogen-bond acceptors (Lipinski definition) is 4. The first-order valence-corrected chi connectivity index (χ1v) is 9.95. The number of aryl methyl sites for hydroxylation is 3. The molecule has 154 valence electrons. The minimum atomic E-state index is -0.628. The van der Waals surface area contributed by atoms with Crippen LogP contribution in [0.15, 0.2) is 42.6 Å². The summed E-state index contributed by atoms with van der Waals surface area (Å²) in [5.74, 6) is -1.68. The van der Waals surface area contributed by atoms with Gasteiger partial charge in [-0.1, -0.05) is 17.7 Å². The molecule has 1 aliphatic heterocycles. The molecule has 0 saturated carbocycles. The number of halogens is 2. The van der Waals surface area contributed by atoms with Crippen molar-refractivity contribution in [2.45, 2.75) is 20.8 Å². The average Bonchev–Trinajstić information content (AvgIpc) is 3.20. The van der Waals surface area contributed by atoms with E-state index in [1.54, 1.807) is 11.6 Å². The zero-order chi connectivity index (χ0) is 22.0. The average molecular weight is 435 g/mol. The molecule has 8 heteroatoms. The number of amides is 2. The van der Waals surface area contributed by atoms with Gasteiger partial charge in [0, 0.05) is 6.20 Å². The van der Waals surface area contributed by atoms with E-state index in [4.69, 9.17) is 11.6 Å². The lowest BCUT2D eigenvalue weighted by Crippen LogP contribution is -2.29. The highest BCUT2D eigenvalue weighted by Gasteiger charge is 2.40. The molecule has 0 N–H and O–H groups in total. The van der Waals surface area contributed by atoms with Crippen molar-refractivity contribution in [3.63, 3.8) is 0 Å². The number of carbonyl (C=O) groups is 2. The molecule has 0 unspecified atom stereocenters. The molecule has 0 fully saturated rings. The van der Waals surface area contributed by atoms with E-state index in [9.17, 15) is 14.0 Å². The van der Waals surface area contributed by atoms with E-state index in [1.807, 2.05) is 32.0 Å². The number of imide groups is 1. The van der Waals surface area contributed by atoms with Crippen LogP contribution in [-0.2, 0) is 0 Å². The lowest BCUT2D eigenvalue weighted by Gasteiger charge is -2.14. The van der Waals surface area contributed by atoms with Crippen LogP contribution in [0.5, 0.6) is 0 Å². The Bertz CT molecular complexity index is 1440. The van der Waals surface area contributed by atoms with E-state index in [0.717, 1.165) is 27.8 Å². The Morgan fingerprint density at radius 2 is 1.68 bits per heavy atom. The normalized spacial score (nSPS) is 13.4. The number of pyridine rings is 1. The maximum Gasteiger partial charge on any atom is 0.267 e. The predicted octanol–water partition coefficient (Wildman–Crippen LogP) is 4.94. The van der Waals surface area contributed by atoms with Crippen molar-refractivity contribution >= 4 is 40.1 Å². The summed E-state index contributed by atoms with van der Waals surface area (Å²) in [5.41, 5.74) is 4.75. The molecule has 6 nitrogen and oxygen atoms in total. The van der Waals surface area contributed by atoms with E-state index < -0.39 is 17.6 Å². The molecule has 0 atom stereocenters. The Morgan fingerprint density at radius 3 is 2.39 bits per heavy atom. The van der Waals surface area contributed by atoms with Gasteiger partial charge in [-0.3, -0.25) is 9.59 Å². The summed E-state index contributed by atoms with van der Waals surface area (Å²) in [7, 11) is 0. The van der Waals surface area contributed by atoms with Crippen molar-refractivity contribution in [3.05, 3.63) is 81.4 Å². The third-order valence-electron chi connectivity index (χ3n) is 5.62. The number of aromatic nitrogens is 3. The van der Waals surface area contributed by atoms with Crippen molar-refractivity contribution in [1.29, 1.82) is 0 Å². The maximum absolute atomic E-state index is 13.6. The Morgan fingerprint density at radius 1 is 0.935 bits per heavy atom. The summed E-state index contributed by atoms with van der Waals surface area (Å²) in [4.78, 5) is 31.8. The van der Waals surface area contributed by atoms with E-state index in [2.05, 4.69) is 10.1 Å². The minimum Gasteiger partial charge on any atom is -0.268 e. The SMILES string of the molecule is Cc1ccc(-n2nc(C)c3c4c(cnc32)C(=O)N(c2ccc(F)c(Cl)c2)C4=O)cc1C. The van der Waals surface area contributed by atoms with Gasteiger partial charge in [-0.05, 0) is 62.2 Å². The van der Waals surface area contributed by atoms with Gasteiger partial charge in [-0.2, -0.15) is 5.10 Å². The fourth-order valence-corrected chi connectivity index (χ4v) is 4.03. The van der Waals surface area contributed by atoms with Gasteiger partial charge in [0.15, 0.2) is 5.65 Å². The second-order valence-corrected chi connectivity index (χ2v) is 7.96. The summed E-state index contributed by atoms with van der Waals surface area (Å²) in [6, 6.07) is 9.65. The predicted molar refractivity (Wildman–Crippen MR) is 116 cm³/mol. The molecule has 2 amide bonds. The Labute approximate surface area is 181 Å². The number of rotatable bonds is 2. The van der Waals surface area contributed by atoms with Gasteiger partial charge in [0.25, 0.3) is 11.8 Å². The number of benzene rings is 2. The summed E-state index contributed by atoms with van der Waals surface area (Å²) >= 11 is 5.86. The number of carbonyl (C=O) groups excluding carboxylic acids is 2. The van der Waals surface area contributed by atoms with E-state index in [-0.39, 0.29) is 21.8 Å². The van der Waals surface area contributed by atoms with Gasteiger partial charge in [0.2, 0.25) is 0 Å². The first-order chi connectivity index (χ1) is 14.8. The van der Waals surface area contributed by atoms with Crippen molar-refractivity contribution in [3.8, 4) is 5.69 Å². The zero-order valence-corrected chi connectivity index (χ0v) is 17.7. The molecule has 2 aromatic carbocycles. The zero-order valence-electron chi connectivity index (χ0n) is 16.9. The Balaban J connectivity index is 1.70. The summed E-state index contributed by atoms with van der Waals surface area (Å²) < 4.78 is 15.3. The Kier molecular flexibility index (Phi) is 4.20. The van der Waals surface area contributed by atoms with Gasteiger partial charge in [-0.15, -0.1) is 0 Å². The molecule has 0 radical (unpaired) electrons. The van der Waals surface area contributed by atoms with E-state index in [1.165, 1.54) is 18.3 Å². The first-order valence-electron chi connectivity index (χ1n) is 9.57. The third kappa shape index (κ3) is 2.77. The van der Waals surface area contributed by atoms with Gasteiger partial charge >= 0.3 is 0 Å². The van der Waals surface area contributed by atoms with E-state index >= 15 is 0 Å². The first kappa shape index (κ1) is 19.4. The minimum absolute atomic E-state index is 0.170. The molecule has 0 aliphatic carbocycles. The smallest absolute Gasteiger partial charge is 0.267 e. The molecule has 4 aromatic rings. The quantitative estimate of drug-likeness (QED) is 0.419. The molecular weight excluding hydrogens is 419 g/mol. The van der Waals surface area contributed by atoms with Crippen LogP contribution in [-0.4, -0.2) is 26.6 Å². The fraction of sp³-hybridized carbons (Fsp3) is 0.130. The second-order valence-electron chi connectivity index (χ2n) is 7.56. The maximum atomic E-state index is 13.6. The fourth-order valence-electron chi connectivity index (χ4n) is 3.86. The van der Waals surface area contributed by atoms with Crippen LogP contribution in [0, 0.1) is 26.6 Å². The van der Waals surface area contributed by atoms with Crippen LogP contribution >= 0.6 is 11.6 Å². The highest BCUT2D eigenvalue weighted by Crippen LogP contribution is 2.35. The molecule has 0 bridgehead atoms. The monoisotopic (exact) mass is 434 g/mol. The van der Waals surface area contributed by atoms with Crippen LogP contribution in [0.3, 0.4) is 0 Å². The standard InChI is InChI=1S/C23H16ClFN4O2/c1-11-4-5-15(8-12(11)2)29-21-19(13(3)27-29)20-16(10-26-21)22(30)28(23(20)31)14-6-7-18(25)17(24)9-14/h4-10H,1-3H3. The van der Waals surface area contributed by atoms with Crippen LogP contribution in [0.25, 0.3) is 16.7 Å². The van der Waals surface area contributed by atoms with Gasteiger partial charge in [-0.25, -0.2) is 19.0 Å². The van der Waals surface area contributed by atoms with Crippen LogP contribution < -0.4 is 4.90 Å².